The number of halogens is 2. The molecule has 1 amide bonds. The lowest BCUT2D eigenvalue weighted by atomic mass is 10.1. The van der Waals surface area contributed by atoms with E-state index in [2.05, 4.69) is 10.00 Å². The maximum absolute atomic E-state index is 14.1. The largest absolute Gasteiger partial charge is 0.336 e. The number of benzene rings is 2. The molecule has 1 aromatic heterocycles. The van der Waals surface area contributed by atoms with E-state index in [-0.39, 0.29) is 17.5 Å². The summed E-state index contributed by atoms with van der Waals surface area (Å²) in [6.07, 6.45) is 1.50. The number of rotatable bonds is 4. The molecule has 0 bridgehead atoms. The lowest BCUT2D eigenvalue weighted by Gasteiger charge is -2.34. The molecule has 29 heavy (non-hydrogen) atoms. The Morgan fingerprint density at radius 1 is 0.966 bits per heavy atom. The Hall–Kier alpha value is -3.06. The van der Waals surface area contributed by atoms with Crippen LogP contribution in [-0.2, 0) is 6.54 Å². The minimum Gasteiger partial charge on any atom is -0.336 e. The number of carbonyl (C=O) groups excluding carboxylic acids is 1. The fraction of sp³-hybridized carbons (Fsp3) is 0.273. The highest BCUT2D eigenvalue weighted by Gasteiger charge is 2.25. The number of hydrogen-bond acceptors (Lipinski definition) is 3. The summed E-state index contributed by atoms with van der Waals surface area (Å²) in [6.45, 7) is 4.73. The summed E-state index contributed by atoms with van der Waals surface area (Å²) >= 11 is 0. The van der Waals surface area contributed by atoms with Crippen molar-refractivity contribution in [2.24, 2.45) is 0 Å². The van der Waals surface area contributed by atoms with Crippen LogP contribution in [0.25, 0.3) is 5.69 Å². The van der Waals surface area contributed by atoms with Crippen molar-refractivity contribution in [1.82, 2.24) is 19.6 Å². The van der Waals surface area contributed by atoms with Gasteiger partial charge in [0, 0.05) is 38.3 Å². The van der Waals surface area contributed by atoms with E-state index in [9.17, 15) is 13.6 Å². The molecule has 0 radical (unpaired) electrons. The molecule has 0 saturated carbocycles. The van der Waals surface area contributed by atoms with Crippen LogP contribution in [0.5, 0.6) is 0 Å². The fourth-order valence-electron chi connectivity index (χ4n) is 3.63. The van der Waals surface area contributed by atoms with Gasteiger partial charge in [-0.3, -0.25) is 9.69 Å². The maximum Gasteiger partial charge on any atom is 0.257 e. The molecule has 2 aromatic carbocycles. The predicted molar refractivity (Wildman–Crippen MR) is 106 cm³/mol. The van der Waals surface area contributed by atoms with E-state index in [0.717, 1.165) is 0 Å². The Bertz CT molecular complexity index is 1030. The quantitative estimate of drug-likeness (QED) is 0.679. The van der Waals surface area contributed by atoms with Crippen LogP contribution in [0.1, 0.15) is 21.6 Å². The Morgan fingerprint density at radius 2 is 1.62 bits per heavy atom. The zero-order valence-electron chi connectivity index (χ0n) is 16.2. The van der Waals surface area contributed by atoms with Gasteiger partial charge in [-0.2, -0.15) is 5.10 Å². The van der Waals surface area contributed by atoms with Crippen molar-refractivity contribution in [2.45, 2.75) is 13.5 Å². The van der Waals surface area contributed by atoms with Crippen LogP contribution in [0.2, 0.25) is 0 Å². The lowest BCUT2D eigenvalue weighted by molar-refractivity contribution is 0.0626. The van der Waals surface area contributed by atoms with Gasteiger partial charge in [-0.25, -0.2) is 13.5 Å². The zero-order chi connectivity index (χ0) is 20.4. The third-order valence-corrected chi connectivity index (χ3v) is 5.33. The number of para-hydroxylation sites is 1. The monoisotopic (exact) mass is 396 g/mol. The van der Waals surface area contributed by atoms with E-state index in [0.29, 0.717) is 55.2 Å². The van der Waals surface area contributed by atoms with Crippen molar-refractivity contribution in [3.05, 3.63) is 83.2 Å². The summed E-state index contributed by atoms with van der Waals surface area (Å²) in [5.74, 6) is -0.711. The van der Waals surface area contributed by atoms with Crippen molar-refractivity contribution in [2.75, 3.05) is 26.2 Å². The van der Waals surface area contributed by atoms with Gasteiger partial charge in [-0.05, 0) is 25.1 Å². The Balaban J connectivity index is 1.43. The van der Waals surface area contributed by atoms with E-state index in [4.69, 9.17) is 0 Å². The molecule has 3 aromatic rings. The van der Waals surface area contributed by atoms with Gasteiger partial charge in [0.15, 0.2) is 0 Å². The molecule has 1 aliphatic heterocycles. The second-order valence-corrected chi connectivity index (χ2v) is 7.17. The molecule has 0 atom stereocenters. The summed E-state index contributed by atoms with van der Waals surface area (Å²) in [4.78, 5) is 16.9. The first-order chi connectivity index (χ1) is 14.0. The molecular weight excluding hydrogens is 374 g/mol. The van der Waals surface area contributed by atoms with Crippen LogP contribution in [0.4, 0.5) is 8.78 Å². The molecular formula is C22H22F2N4O. The van der Waals surface area contributed by atoms with Crippen molar-refractivity contribution in [3.8, 4) is 5.69 Å². The molecule has 0 N–H and O–H groups in total. The maximum atomic E-state index is 14.1. The van der Waals surface area contributed by atoms with Gasteiger partial charge in [0.2, 0.25) is 0 Å². The van der Waals surface area contributed by atoms with Crippen LogP contribution in [0, 0.1) is 18.6 Å². The minimum atomic E-state index is -0.389. The van der Waals surface area contributed by atoms with Gasteiger partial charge >= 0.3 is 0 Å². The number of amides is 1. The third kappa shape index (κ3) is 3.91. The fourth-order valence-corrected chi connectivity index (χ4v) is 3.63. The number of carbonyl (C=O) groups is 1. The third-order valence-electron chi connectivity index (χ3n) is 5.33. The summed E-state index contributed by atoms with van der Waals surface area (Å²) < 4.78 is 29.4. The van der Waals surface area contributed by atoms with Crippen LogP contribution in [0.15, 0.2) is 54.7 Å². The Kier molecular flexibility index (Phi) is 5.40. The van der Waals surface area contributed by atoms with Gasteiger partial charge in [-0.15, -0.1) is 0 Å². The molecule has 7 heteroatoms. The number of hydrogen-bond donors (Lipinski definition) is 0. The standard InChI is InChI=1S/C22H22F2N4O/c1-16-18(14-25-28(16)21-9-5-4-8-20(21)24)22(29)27-12-10-26(11-13-27)15-17-6-2-3-7-19(17)23/h2-9,14H,10-13,15H2,1H3. The van der Waals surface area contributed by atoms with Crippen LogP contribution < -0.4 is 0 Å². The first kappa shape index (κ1) is 19.3. The molecule has 1 saturated heterocycles. The summed E-state index contributed by atoms with van der Waals surface area (Å²) in [6, 6.07) is 13.1. The Labute approximate surface area is 168 Å². The van der Waals surface area contributed by atoms with E-state index in [1.807, 2.05) is 6.07 Å². The molecule has 2 heterocycles. The second-order valence-electron chi connectivity index (χ2n) is 7.17. The molecule has 1 fully saturated rings. The van der Waals surface area contributed by atoms with Gasteiger partial charge in [-0.1, -0.05) is 30.3 Å². The number of piperazine rings is 1. The highest BCUT2D eigenvalue weighted by Crippen LogP contribution is 2.19. The van der Waals surface area contributed by atoms with E-state index in [1.54, 1.807) is 42.2 Å². The van der Waals surface area contributed by atoms with E-state index in [1.165, 1.54) is 23.0 Å². The summed E-state index contributed by atoms with van der Waals surface area (Å²) in [7, 11) is 0. The normalized spacial score (nSPS) is 14.9. The van der Waals surface area contributed by atoms with Gasteiger partial charge in [0.25, 0.3) is 5.91 Å². The SMILES string of the molecule is Cc1c(C(=O)N2CCN(Cc3ccccc3F)CC2)cnn1-c1ccccc1F. The topological polar surface area (TPSA) is 41.4 Å². The highest BCUT2D eigenvalue weighted by atomic mass is 19.1. The highest BCUT2D eigenvalue weighted by molar-refractivity contribution is 5.95. The van der Waals surface area contributed by atoms with Crippen molar-refractivity contribution >= 4 is 5.91 Å². The van der Waals surface area contributed by atoms with Crippen molar-refractivity contribution < 1.29 is 13.6 Å². The van der Waals surface area contributed by atoms with Crippen molar-refractivity contribution in [1.29, 1.82) is 0 Å². The predicted octanol–water partition coefficient (Wildman–Crippen LogP) is 3.42. The summed E-state index contributed by atoms with van der Waals surface area (Å²) in [5, 5.41) is 4.22. The average molecular weight is 396 g/mol. The molecule has 150 valence electrons. The molecule has 0 aliphatic carbocycles. The second kappa shape index (κ2) is 8.13. The van der Waals surface area contributed by atoms with Gasteiger partial charge in [0.05, 0.1) is 17.5 Å². The number of aromatic nitrogens is 2. The Morgan fingerprint density at radius 3 is 2.31 bits per heavy atom. The lowest BCUT2D eigenvalue weighted by Crippen LogP contribution is -2.48. The molecule has 4 rings (SSSR count). The minimum absolute atomic E-state index is 0.115. The van der Waals surface area contributed by atoms with Gasteiger partial charge in [0.1, 0.15) is 17.3 Å². The molecule has 5 nitrogen and oxygen atoms in total. The molecule has 1 aliphatic rings. The zero-order valence-corrected chi connectivity index (χ0v) is 16.2. The van der Waals surface area contributed by atoms with Crippen molar-refractivity contribution in [3.63, 3.8) is 0 Å². The molecule has 0 spiro atoms. The number of nitrogens with zero attached hydrogens (tertiary/aromatic N) is 4. The van der Waals surface area contributed by atoms with Crippen LogP contribution >= 0.6 is 0 Å². The van der Waals surface area contributed by atoms with Crippen LogP contribution in [0.3, 0.4) is 0 Å². The van der Waals surface area contributed by atoms with E-state index >= 15 is 0 Å². The summed E-state index contributed by atoms with van der Waals surface area (Å²) in [5.41, 5.74) is 2.05. The first-order valence-corrected chi connectivity index (χ1v) is 9.59. The van der Waals surface area contributed by atoms with E-state index < -0.39 is 0 Å². The molecule has 0 unspecified atom stereocenters. The first-order valence-electron chi connectivity index (χ1n) is 9.59. The van der Waals surface area contributed by atoms with Gasteiger partial charge < -0.3 is 4.90 Å². The average Bonchev–Trinajstić information content (AvgIpc) is 3.11. The smallest absolute Gasteiger partial charge is 0.257 e. The van der Waals surface area contributed by atoms with Crippen LogP contribution in [-0.4, -0.2) is 51.7 Å².